The van der Waals surface area contributed by atoms with E-state index >= 15 is 0 Å². The topological polar surface area (TPSA) is 57.6 Å². The quantitative estimate of drug-likeness (QED) is 0.842. The number of likely N-dealkylation sites (tertiary alicyclic amines) is 1. The van der Waals surface area contributed by atoms with Gasteiger partial charge in [-0.15, -0.1) is 0 Å². The highest BCUT2D eigenvalue weighted by Crippen LogP contribution is 2.59. The van der Waals surface area contributed by atoms with E-state index in [9.17, 15) is 27.2 Å². The number of piperidine rings is 1. The molecule has 2 atom stereocenters. The molecule has 1 aromatic rings. The van der Waals surface area contributed by atoms with Crippen molar-refractivity contribution in [3.63, 3.8) is 0 Å². The van der Waals surface area contributed by atoms with Crippen LogP contribution in [0.5, 0.6) is 0 Å². The molecule has 0 bridgehead atoms. The van der Waals surface area contributed by atoms with Gasteiger partial charge in [0.15, 0.2) is 0 Å². The number of halogens is 4. The lowest BCUT2D eigenvalue weighted by Gasteiger charge is -2.33. The molecule has 1 heterocycles. The summed E-state index contributed by atoms with van der Waals surface area (Å²) in [5.74, 6) is -2.02. The molecule has 1 amide bonds. The highest BCUT2D eigenvalue weighted by Gasteiger charge is 2.59. The first-order valence-corrected chi connectivity index (χ1v) is 7.97. The number of amides is 1. The van der Waals surface area contributed by atoms with Gasteiger partial charge in [0.1, 0.15) is 0 Å². The number of alkyl halides is 4. The van der Waals surface area contributed by atoms with Gasteiger partial charge in [-0.2, -0.15) is 13.2 Å². The van der Waals surface area contributed by atoms with Gasteiger partial charge in [0.05, 0.1) is 11.5 Å². The van der Waals surface area contributed by atoms with Crippen LogP contribution in [0.4, 0.5) is 17.6 Å². The summed E-state index contributed by atoms with van der Waals surface area (Å²) in [7, 11) is 0. The second-order valence-electron chi connectivity index (χ2n) is 6.76. The lowest BCUT2D eigenvalue weighted by molar-refractivity contribution is -0.140. The maximum absolute atomic E-state index is 14.4. The van der Waals surface area contributed by atoms with E-state index in [1.54, 1.807) is 0 Å². The fraction of sp³-hybridized carbons (Fsp3) is 0.529. The van der Waals surface area contributed by atoms with Crippen LogP contribution in [0.3, 0.4) is 0 Å². The third-order valence-electron chi connectivity index (χ3n) is 5.31. The molecule has 1 aromatic carbocycles. The highest BCUT2D eigenvalue weighted by molar-refractivity contribution is 5.82. The second kappa shape index (κ2) is 6.00. The molecule has 1 aliphatic heterocycles. The molecule has 1 aliphatic carbocycles. The van der Waals surface area contributed by atoms with Crippen molar-refractivity contribution in [3.8, 4) is 0 Å². The summed E-state index contributed by atoms with van der Waals surface area (Å²) in [6.45, 7) is 0.535. The van der Waals surface area contributed by atoms with Crippen molar-refractivity contribution >= 4 is 11.9 Å². The van der Waals surface area contributed by atoms with Crippen LogP contribution in [0.25, 0.3) is 0 Å². The van der Waals surface area contributed by atoms with Gasteiger partial charge < -0.3 is 10.0 Å². The predicted octanol–water partition coefficient (Wildman–Crippen LogP) is 3.43. The van der Waals surface area contributed by atoms with Gasteiger partial charge in [-0.3, -0.25) is 9.59 Å². The van der Waals surface area contributed by atoms with E-state index in [0.717, 1.165) is 24.3 Å². The number of hydrogen-bond acceptors (Lipinski definition) is 2. The van der Waals surface area contributed by atoms with Gasteiger partial charge in [0.2, 0.25) is 6.17 Å². The van der Waals surface area contributed by atoms with Crippen molar-refractivity contribution in [2.24, 2.45) is 11.3 Å². The van der Waals surface area contributed by atoms with E-state index in [4.69, 9.17) is 5.11 Å². The molecule has 25 heavy (non-hydrogen) atoms. The number of carbonyl (C=O) groups excluding carboxylic acids is 1. The molecule has 0 aromatic heterocycles. The molecule has 8 heteroatoms. The fourth-order valence-corrected chi connectivity index (χ4v) is 3.57. The molecule has 2 fully saturated rings. The summed E-state index contributed by atoms with van der Waals surface area (Å²) < 4.78 is 52.0. The predicted molar refractivity (Wildman–Crippen MR) is 79.3 cm³/mol. The zero-order chi connectivity index (χ0) is 18.4. The number of nitrogens with zero attached hydrogens (tertiary/aromatic N) is 1. The van der Waals surface area contributed by atoms with E-state index in [0.29, 0.717) is 19.3 Å². The summed E-state index contributed by atoms with van der Waals surface area (Å²) in [6, 6.07) is 3.44. The number of carboxylic acids is 1. The minimum Gasteiger partial charge on any atom is -0.481 e. The first-order chi connectivity index (χ1) is 11.6. The Hall–Kier alpha value is -2.12. The van der Waals surface area contributed by atoms with Gasteiger partial charge in [-0.25, -0.2) is 4.39 Å². The molecule has 1 N–H and O–H groups in total. The zero-order valence-electron chi connectivity index (χ0n) is 13.2. The maximum Gasteiger partial charge on any atom is 0.416 e. The Bertz CT molecular complexity index is 678. The molecule has 1 spiro atoms. The fourth-order valence-electron chi connectivity index (χ4n) is 3.57. The summed E-state index contributed by atoms with van der Waals surface area (Å²) in [6.07, 6.45) is -4.93. The summed E-state index contributed by atoms with van der Waals surface area (Å²) >= 11 is 0. The van der Waals surface area contributed by atoms with Crippen LogP contribution < -0.4 is 0 Å². The summed E-state index contributed by atoms with van der Waals surface area (Å²) in [5.41, 5.74) is -1.29. The SMILES string of the molecule is O=C(O)C1CC12CCN(C(=O)C(F)c1ccc(C(F)(F)F)cc1)CC2. The number of benzene rings is 1. The largest absolute Gasteiger partial charge is 0.481 e. The van der Waals surface area contributed by atoms with Crippen LogP contribution in [0.2, 0.25) is 0 Å². The number of carbonyl (C=O) groups is 2. The minimum atomic E-state index is -4.51. The molecular formula is C17H17F4NO3. The van der Waals surface area contributed by atoms with Crippen LogP contribution in [-0.2, 0) is 15.8 Å². The Labute approximate surface area is 141 Å². The Balaban J connectivity index is 1.61. The Morgan fingerprint density at radius 3 is 2.16 bits per heavy atom. The van der Waals surface area contributed by atoms with Crippen molar-refractivity contribution in [2.75, 3.05) is 13.1 Å². The van der Waals surface area contributed by atoms with Gasteiger partial charge in [-0.1, -0.05) is 12.1 Å². The average molecular weight is 359 g/mol. The smallest absolute Gasteiger partial charge is 0.416 e. The van der Waals surface area contributed by atoms with Gasteiger partial charge >= 0.3 is 12.1 Å². The zero-order valence-corrected chi connectivity index (χ0v) is 13.2. The van der Waals surface area contributed by atoms with Crippen molar-refractivity contribution in [3.05, 3.63) is 35.4 Å². The van der Waals surface area contributed by atoms with Crippen molar-refractivity contribution < 1.29 is 32.3 Å². The van der Waals surface area contributed by atoms with Crippen LogP contribution in [-0.4, -0.2) is 35.0 Å². The monoisotopic (exact) mass is 359 g/mol. The van der Waals surface area contributed by atoms with Crippen molar-refractivity contribution in [1.82, 2.24) is 4.90 Å². The lowest BCUT2D eigenvalue weighted by Crippen LogP contribution is -2.41. The standard InChI is InChI=1S/C17H17F4NO3/c18-13(10-1-3-11(4-2-10)17(19,20)21)14(23)22-7-5-16(6-8-22)9-12(16)15(24)25/h1-4,12-13H,5-9H2,(H,24,25). The van der Waals surface area contributed by atoms with Crippen molar-refractivity contribution in [1.29, 1.82) is 0 Å². The molecule has 2 unspecified atom stereocenters. The number of hydrogen-bond donors (Lipinski definition) is 1. The molecule has 2 aliphatic rings. The van der Waals surface area contributed by atoms with E-state index in [1.807, 2.05) is 0 Å². The van der Waals surface area contributed by atoms with Crippen LogP contribution in [0, 0.1) is 11.3 Å². The van der Waals surface area contributed by atoms with Crippen LogP contribution in [0.15, 0.2) is 24.3 Å². The molecule has 3 rings (SSSR count). The maximum atomic E-state index is 14.4. The first kappa shape index (κ1) is 17.7. The minimum absolute atomic E-state index is 0.117. The second-order valence-corrected chi connectivity index (χ2v) is 6.76. The van der Waals surface area contributed by atoms with E-state index in [2.05, 4.69) is 0 Å². The number of rotatable bonds is 3. The Morgan fingerprint density at radius 2 is 1.72 bits per heavy atom. The van der Waals surface area contributed by atoms with Gasteiger partial charge in [-0.05, 0) is 42.4 Å². The molecule has 0 radical (unpaired) electrons. The van der Waals surface area contributed by atoms with Crippen molar-refractivity contribution in [2.45, 2.75) is 31.6 Å². The van der Waals surface area contributed by atoms with Crippen LogP contribution >= 0.6 is 0 Å². The molecule has 4 nitrogen and oxygen atoms in total. The van der Waals surface area contributed by atoms with E-state index < -0.39 is 29.8 Å². The summed E-state index contributed by atoms with van der Waals surface area (Å²) in [4.78, 5) is 24.6. The Morgan fingerprint density at radius 1 is 1.16 bits per heavy atom. The molecule has 136 valence electrons. The number of aliphatic carboxylic acids is 1. The first-order valence-electron chi connectivity index (χ1n) is 7.97. The van der Waals surface area contributed by atoms with E-state index in [1.165, 1.54) is 4.90 Å². The molecule has 1 saturated carbocycles. The van der Waals surface area contributed by atoms with Gasteiger partial charge in [0, 0.05) is 13.1 Å². The van der Waals surface area contributed by atoms with E-state index in [-0.39, 0.29) is 30.0 Å². The summed E-state index contributed by atoms with van der Waals surface area (Å²) in [5, 5.41) is 9.04. The van der Waals surface area contributed by atoms with Crippen LogP contribution in [0.1, 0.15) is 36.6 Å². The molecular weight excluding hydrogens is 342 g/mol. The highest BCUT2D eigenvalue weighted by atomic mass is 19.4. The van der Waals surface area contributed by atoms with Gasteiger partial charge in [0.25, 0.3) is 5.91 Å². The lowest BCUT2D eigenvalue weighted by atomic mass is 9.90. The average Bonchev–Trinajstić information content (AvgIpc) is 3.27. The normalized spacial score (nSPS) is 23.4. The molecule has 1 saturated heterocycles. The third kappa shape index (κ3) is 3.34. The number of carboxylic acid groups (broad SMARTS) is 1. The third-order valence-corrected chi connectivity index (χ3v) is 5.31. The Kier molecular flexibility index (Phi) is 4.25.